The number of fused-ring (bicyclic) bond motifs is 1. The van der Waals surface area contributed by atoms with Gasteiger partial charge in [0, 0.05) is 37.2 Å². The molecule has 0 atom stereocenters. The molecule has 0 aliphatic carbocycles. The first-order valence-corrected chi connectivity index (χ1v) is 10.2. The number of aromatic hydroxyl groups is 1. The number of rotatable bonds is 3. The lowest BCUT2D eigenvalue weighted by Crippen LogP contribution is -2.64. The molecular weight excluding hydrogens is 382 g/mol. The number of phenolic OH excluding ortho intramolecular Hbond substituents is 1. The predicted octanol–water partition coefficient (Wildman–Crippen LogP) is 1.97. The number of nitrogens with zero attached hydrogens (tertiary/aromatic N) is 4. The largest absolute Gasteiger partial charge is 0.508 e. The van der Waals surface area contributed by atoms with Crippen LogP contribution in [0, 0.1) is 5.41 Å². The molecule has 0 saturated carbocycles. The van der Waals surface area contributed by atoms with Crippen LogP contribution in [0.1, 0.15) is 28.9 Å². The highest BCUT2D eigenvalue weighted by molar-refractivity contribution is 5.95. The van der Waals surface area contributed by atoms with E-state index in [1.807, 2.05) is 21.9 Å². The standard InChI is InChI=1S/C22H23N5O3/c28-19-5-2-1-4-15(19)10-20(29)26-9-3-8-22(12-26)13-27(14-22)21(30)17-7-6-16-18(24-17)11-23-25-16/h1-2,4-7,11,28H,3,8-10,12-14H2,(H,23,25). The van der Waals surface area contributed by atoms with Gasteiger partial charge in [-0.15, -0.1) is 0 Å². The Hall–Kier alpha value is -3.42. The van der Waals surface area contributed by atoms with Gasteiger partial charge < -0.3 is 14.9 Å². The number of hydrogen-bond acceptors (Lipinski definition) is 5. The fourth-order valence-corrected chi connectivity index (χ4v) is 4.63. The van der Waals surface area contributed by atoms with Crippen molar-refractivity contribution >= 4 is 22.8 Å². The normalized spacial score (nSPS) is 17.9. The maximum absolute atomic E-state index is 12.8. The molecule has 2 N–H and O–H groups in total. The number of piperidine rings is 1. The van der Waals surface area contributed by atoms with Gasteiger partial charge in [0.25, 0.3) is 5.91 Å². The van der Waals surface area contributed by atoms with Crippen LogP contribution >= 0.6 is 0 Å². The molecule has 2 saturated heterocycles. The van der Waals surface area contributed by atoms with Crippen molar-refractivity contribution in [3.8, 4) is 5.75 Å². The Labute approximate surface area is 173 Å². The number of benzene rings is 1. The number of amides is 2. The lowest BCUT2D eigenvalue weighted by Gasteiger charge is -2.54. The molecule has 154 valence electrons. The Bertz CT molecular complexity index is 1120. The minimum Gasteiger partial charge on any atom is -0.508 e. The summed E-state index contributed by atoms with van der Waals surface area (Å²) in [5.74, 6) is 0.0916. The van der Waals surface area contributed by atoms with Crippen molar-refractivity contribution < 1.29 is 14.7 Å². The van der Waals surface area contributed by atoms with Crippen LogP contribution in [0.4, 0.5) is 0 Å². The van der Waals surface area contributed by atoms with Gasteiger partial charge in [-0.05, 0) is 31.0 Å². The molecule has 8 heteroatoms. The van der Waals surface area contributed by atoms with Gasteiger partial charge >= 0.3 is 0 Å². The lowest BCUT2D eigenvalue weighted by molar-refractivity contribution is -0.137. The van der Waals surface area contributed by atoms with Gasteiger partial charge in [-0.3, -0.25) is 14.7 Å². The van der Waals surface area contributed by atoms with Gasteiger partial charge in [0.05, 0.1) is 18.1 Å². The van der Waals surface area contributed by atoms with Gasteiger partial charge in [0.2, 0.25) is 5.91 Å². The minimum atomic E-state index is -0.0821. The number of hydrogen-bond donors (Lipinski definition) is 2. The highest BCUT2D eigenvalue weighted by Crippen LogP contribution is 2.40. The highest BCUT2D eigenvalue weighted by atomic mass is 16.3. The Morgan fingerprint density at radius 1 is 1.10 bits per heavy atom. The molecule has 30 heavy (non-hydrogen) atoms. The van der Waals surface area contributed by atoms with Crippen LogP contribution in [0.25, 0.3) is 11.0 Å². The fourth-order valence-electron chi connectivity index (χ4n) is 4.63. The number of aromatic amines is 1. The van der Waals surface area contributed by atoms with E-state index in [1.54, 1.807) is 30.5 Å². The van der Waals surface area contributed by atoms with E-state index in [-0.39, 0.29) is 29.4 Å². The first-order valence-electron chi connectivity index (χ1n) is 10.2. The van der Waals surface area contributed by atoms with Crippen molar-refractivity contribution in [1.29, 1.82) is 0 Å². The third-order valence-electron chi connectivity index (χ3n) is 6.20. The predicted molar refractivity (Wildman–Crippen MR) is 110 cm³/mol. The maximum atomic E-state index is 12.8. The van der Waals surface area contributed by atoms with E-state index in [0.717, 1.165) is 24.9 Å². The number of aromatic nitrogens is 3. The van der Waals surface area contributed by atoms with E-state index < -0.39 is 0 Å². The average Bonchev–Trinajstić information content (AvgIpc) is 3.21. The van der Waals surface area contributed by atoms with Crippen LogP contribution in [-0.4, -0.2) is 68.1 Å². The second kappa shape index (κ2) is 7.12. The van der Waals surface area contributed by atoms with E-state index in [4.69, 9.17) is 0 Å². The van der Waals surface area contributed by atoms with Crippen molar-refractivity contribution in [2.45, 2.75) is 19.3 Å². The Balaban J connectivity index is 1.23. The van der Waals surface area contributed by atoms with Crippen LogP contribution in [0.2, 0.25) is 0 Å². The van der Waals surface area contributed by atoms with Crippen molar-refractivity contribution in [1.82, 2.24) is 25.0 Å². The number of nitrogens with one attached hydrogen (secondary N) is 1. The molecule has 2 amide bonds. The van der Waals surface area contributed by atoms with Gasteiger partial charge in [-0.2, -0.15) is 5.10 Å². The second-order valence-electron chi connectivity index (χ2n) is 8.38. The van der Waals surface area contributed by atoms with Gasteiger partial charge in [0.15, 0.2) is 0 Å². The summed E-state index contributed by atoms with van der Waals surface area (Å²) >= 11 is 0. The molecule has 0 radical (unpaired) electrons. The number of carbonyl (C=O) groups excluding carboxylic acids is 2. The third kappa shape index (κ3) is 3.28. The molecule has 1 spiro atoms. The van der Waals surface area contributed by atoms with E-state index in [2.05, 4.69) is 15.2 Å². The average molecular weight is 405 g/mol. The Kier molecular flexibility index (Phi) is 4.42. The van der Waals surface area contributed by atoms with Gasteiger partial charge in [-0.1, -0.05) is 18.2 Å². The van der Waals surface area contributed by atoms with Gasteiger partial charge in [-0.25, -0.2) is 4.98 Å². The number of carbonyl (C=O) groups is 2. The minimum absolute atomic E-state index is 0.0208. The number of phenols is 1. The van der Waals surface area contributed by atoms with E-state index in [9.17, 15) is 14.7 Å². The van der Waals surface area contributed by atoms with Crippen molar-refractivity contribution in [2.24, 2.45) is 5.41 Å². The summed E-state index contributed by atoms with van der Waals surface area (Å²) in [4.78, 5) is 33.7. The quantitative estimate of drug-likeness (QED) is 0.694. The molecule has 5 rings (SSSR count). The van der Waals surface area contributed by atoms with E-state index in [0.29, 0.717) is 36.4 Å². The van der Waals surface area contributed by atoms with Crippen LogP contribution in [0.15, 0.2) is 42.6 Å². The topological polar surface area (TPSA) is 102 Å². The second-order valence-corrected chi connectivity index (χ2v) is 8.38. The third-order valence-corrected chi connectivity index (χ3v) is 6.20. The molecule has 2 aliphatic rings. The van der Waals surface area contributed by atoms with Crippen LogP contribution < -0.4 is 0 Å². The molecule has 8 nitrogen and oxygen atoms in total. The zero-order chi connectivity index (χ0) is 20.7. The summed E-state index contributed by atoms with van der Waals surface area (Å²) in [5.41, 5.74) is 2.50. The monoisotopic (exact) mass is 405 g/mol. The first kappa shape index (κ1) is 18.6. The Morgan fingerprint density at radius 2 is 1.90 bits per heavy atom. The van der Waals surface area contributed by atoms with Crippen LogP contribution in [0.5, 0.6) is 5.75 Å². The Morgan fingerprint density at radius 3 is 2.73 bits per heavy atom. The maximum Gasteiger partial charge on any atom is 0.272 e. The molecule has 2 fully saturated rings. The van der Waals surface area contributed by atoms with Crippen LogP contribution in [-0.2, 0) is 11.2 Å². The summed E-state index contributed by atoms with van der Waals surface area (Å²) in [5, 5.41) is 16.7. The summed E-state index contributed by atoms with van der Waals surface area (Å²) < 4.78 is 0. The smallest absolute Gasteiger partial charge is 0.272 e. The lowest BCUT2D eigenvalue weighted by atomic mass is 9.73. The molecule has 0 bridgehead atoms. The number of para-hydroxylation sites is 1. The molecule has 2 aromatic heterocycles. The molecule has 1 aromatic carbocycles. The van der Waals surface area contributed by atoms with Crippen molar-refractivity contribution in [2.75, 3.05) is 26.2 Å². The molecule has 4 heterocycles. The summed E-state index contributed by atoms with van der Waals surface area (Å²) in [7, 11) is 0. The van der Waals surface area contributed by atoms with E-state index >= 15 is 0 Å². The molecule has 2 aliphatic heterocycles. The summed E-state index contributed by atoms with van der Waals surface area (Å²) in [6.45, 7) is 2.65. The summed E-state index contributed by atoms with van der Waals surface area (Å²) in [6.07, 6.45) is 3.73. The highest BCUT2D eigenvalue weighted by Gasteiger charge is 2.48. The molecule has 3 aromatic rings. The number of pyridine rings is 1. The zero-order valence-electron chi connectivity index (χ0n) is 16.5. The zero-order valence-corrected chi connectivity index (χ0v) is 16.5. The number of H-pyrrole nitrogens is 1. The summed E-state index contributed by atoms with van der Waals surface area (Å²) in [6, 6.07) is 10.5. The molecule has 0 unspecified atom stereocenters. The SMILES string of the molecule is O=C(Cc1ccccc1O)N1CCCC2(C1)CN(C(=O)c1ccc3[nH]ncc3n1)C2. The van der Waals surface area contributed by atoms with Crippen molar-refractivity contribution in [3.63, 3.8) is 0 Å². The van der Waals surface area contributed by atoms with E-state index in [1.165, 1.54) is 0 Å². The first-order chi connectivity index (χ1) is 14.5. The van der Waals surface area contributed by atoms with Crippen molar-refractivity contribution in [3.05, 3.63) is 53.9 Å². The molecular formula is C22H23N5O3. The van der Waals surface area contributed by atoms with Crippen LogP contribution in [0.3, 0.4) is 0 Å². The number of likely N-dealkylation sites (tertiary alicyclic amines) is 2. The van der Waals surface area contributed by atoms with Gasteiger partial charge in [0.1, 0.15) is 17.0 Å². The fraction of sp³-hybridized carbons (Fsp3) is 0.364.